The van der Waals surface area contributed by atoms with Gasteiger partial charge in [0.25, 0.3) is 5.56 Å². The number of ether oxygens (including phenoxy) is 1. The number of pyridine rings is 2. The van der Waals surface area contributed by atoms with Crippen LogP contribution in [0.2, 0.25) is 0 Å². The van der Waals surface area contributed by atoms with Crippen LogP contribution in [0.4, 0.5) is 0 Å². The highest BCUT2D eigenvalue weighted by molar-refractivity contribution is 6.05. The number of phenolic OH excluding ortho intramolecular Hbond substituents is 1. The number of H-pyrrole nitrogens is 1. The Labute approximate surface area is 257 Å². The van der Waals surface area contributed by atoms with Gasteiger partial charge in [0.15, 0.2) is 11.2 Å². The van der Waals surface area contributed by atoms with Crippen molar-refractivity contribution < 1.29 is 20.1 Å². The molecule has 4 aliphatic carbocycles. The number of aromatic hydroxyl groups is 1. The predicted molar refractivity (Wildman–Crippen MR) is 170 cm³/mol. The Morgan fingerprint density at radius 2 is 1.65 bits per heavy atom. The molecule has 7 rings (SSSR count). The predicted octanol–water partition coefficient (Wildman–Crippen LogP) is 1.16. The van der Waals surface area contributed by atoms with Gasteiger partial charge < -0.3 is 25.0 Å². The largest absolute Gasteiger partial charge is 0.510 e. The first-order chi connectivity index (χ1) is 22.1. The summed E-state index contributed by atoms with van der Waals surface area (Å²) in [6.45, 7) is 1.84. The summed E-state index contributed by atoms with van der Waals surface area (Å²) in [6, 6.07) is 5.94. The van der Waals surface area contributed by atoms with Crippen molar-refractivity contribution in [1.29, 1.82) is 0 Å². The maximum atomic E-state index is 13.8. The number of aliphatic hydroxyl groups is 2. The van der Waals surface area contributed by atoms with Crippen LogP contribution in [-0.4, -0.2) is 32.4 Å². The summed E-state index contributed by atoms with van der Waals surface area (Å²) >= 11 is 0. The molecule has 4 N–H and O–H groups in total. The minimum atomic E-state index is -2.03. The molecular formula is C35H24N2O9. The number of allylic oxidation sites excluding steroid dienone is 3. The first-order valence-electron chi connectivity index (χ1n) is 14.3. The second-order valence-electron chi connectivity index (χ2n) is 11.2. The fraction of sp³-hybridized carbons (Fsp3) is 0.143. The lowest BCUT2D eigenvalue weighted by atomic mass is 9.77. The summed E-state index contributed by atoms with van der Waals surface area (Å²) in [7, 11) is 1.13. The molecular weight excluding hydrogens is 592 g/mol. The zero-order chi connectivity index (χ0) is 32.7. The Kier molecular flexibility index (Phi) is 6.21. The van der Waals surface area contributed by atoms with Gasteiger partial charge in [0.1, 0.15) is 22.7 Å². The highest BCUT2D eigenvalue weighted by atomic mass is 16.5. The molecule has 1 aromatic carbocycles. The fourth-order valence-electron chi connectivity index (χ4n) is 7.07. The molecule has 11 nitrogen and oxygen atoms in total. The van der Waals surface area contributed by atoms with Crippen molar-refractivity contribution in [3.63, 3.8) is 0 Å². The first kappa shape index (κ1) is 28.7. The van der Waals surface area contributed by atoms with Gasteiger partial charge in [-0.15, -0.1) is 0 Å². The third-order valence-corrected chi connectivity index (χ3v) is 8.98. The summed E-state index contributed by atoms with van der Waals surface area (Å²) in [6.07, 6.45) is 10.2. The Morgan fingerprint density at radius 3 is 2.30 bits per heavy atom. The van der Waals surface area contributed by atoms with Crippen LogP contribution >= 0.6 is 0 Å². The molecule has 0 fully saturated rings. The van der Waals surface area contributed by atoms with Crippen molar-refractivity contribution in [1.82, 2.24) is 9.97 Å². The fourth-order valence-corrected chi connectivity index (χ4v) is 7.07. The highest BCUT2D eigenvalue weighted by Crippen LogP contribution is 2.56. The van der Waals surface area contributed by atoms with Gasteiger partial charge in [-0.1, -0.05) is 24.3 Å². The van der Waals surface area contributed by atoms with Crippen molar-refractivity contribution in [3.05, 3.63) is 144 Å². The van der Waals surface area contributed by atoms with Crippen LogP contribution in [0.25, 0.3) is 39.5 Å². The van der Waals surface area contributed by atoms with E-state index in [2.05, 4.69) is 9.97 Å². The normalized spacial score (nSPS) is 17.3. The number of aromatic amines is 1. The van der Waals surface area contributed by atoms with E-state index in [4.69, 9.17) is 4.74 Å². The maximum Gasteiger partial charge on any atom is 0.260 e. The molecule has 2 aromatic heterocycles. The molecule has 1 atom stereocenters. The van der Waals surface area contributed by atoms with E-state index in [1.54, 1.807) is 48.8 Å². The van der Waals surface area contributed by atoms with Gasteiger partial charge in [0.2, 0.25) is 16.3 Å². The van der Waals surface area contributed by atoms with Crippen molar-refractivity contribution in [2.45, 2.75) is 25.2 Å². The Balaban J connectivity index is 1.68. The van der Waals surface area contributed by atoms with Crippen molar-refractivity contribution in [2.24, 2.45) is 0 Å². The van der Waals surface area contributed by atoms with Crippen LogP contribution in [0, 0.1) is 10.4 Å². The van der Waals surface area contributed by atoms with E-state index in [9.17, 15) is 39.3 Å². The van der Waals surface area contributed by atoms with Gasteiger partial charge in [0, 0.05) is 40.7 Å². The topological polar surface area (TPSA) is 184 Å². The van der Waals surface area contributed by atoms with E-state index in [0.717, 1.165) is 13.2 Å². The zero-order valence-electron chi connectivity index (χ0n) is 24.4. The van der Waals surface area contributed by atoms with Crippen molar-refractivity contribution >= 4 is 28.4 Å². The lowest BCUT2D eigenvalue weighted by molar-refractivity contribution is 0.362. The molecule has 2 heterocycles. The maximum absolute atomic E-state index is 13.8. The van der Waals surface area contributed by atoms with E-state index in [1.807, 2.05) is 13.0 Å². The summed E-state index contributed by atoms with van der Waals surface area (Å²) in [5, 5.41) is 33.0. The summed E-state index contributed by atoms with van der Waals surface area (Å²) in [5.74, 6) is -2.55. The molecule has 11 heteroatoms. The second-order valence-corrected chi connectivity index (χ2v) is 11.2. The number of hydrogen-bond acceptors (Lipinski definition) is 10. The van der Waals surface area contributed by atoms with E-state index in [-0.39, 0.29) is 23.8 Å². The van der Waals surface area contributed by atoms with E-state index in [0.29, 0.717) is 27.8 Å². The molecule has 4 aliphatic rings. The Morgan fingerprint density at radius 1 is 0.935 bits per heavy atom. The molecule has 46 heavy (non-hydrogen) atoms. The van der Waals surface area contributed by atoms with Crippen LogP contribution in [0.3, 0.4) is 0 Å². The average molecular weight is 617 g/mol. The molecule has 1 spiro atoms. The molecule has 0 saturated carbocycles. The van der Waals surface area contributed by atoms with Gasteiger partial charge >= 0.3 is 0 Å². The monoisotopic (exact) mass is 616 g/mol. The van der Waals surface area contributed by atoms with Crippen molar-refractivity contribution in [3.8, 4) is 22.6 Å². The Hall–Kier alpha value is -6.10. The highest BCUT2D eigenvalue weighted by Gasteiger charge is 2.54. The number of aliphatic hydroxyl groups excluding tert-OH is 2. The second kappa shape index (κ2) is 9.96. The first-order valence-corrected chi connectivity index (χ1v) is 14.3. The number of aromatic nitrogens is 2. The summed E-state index contributed by atoms with van der Waals surface area (Å²) in [5.41, 5.74) is -5.04. The number of nitrogens with zero attached hydrogens (tertiary/aromatic N) is 1. The molecule has 0 radical (unpaired) electrons. The Bertz CT molecular complexity index is 2720. The van der Waals surface area contributed by atoms with Gasteiger partial charge in [-0.3, -0.25) is 29.0 Å². The molecule has 228 valence electrons. The lowest BCUT2D eigenvalue weighted by Gasteiger charge is -2.28. The van der Waals surface area contributed by atoms with Crippen LogP contribution in [0.5, 0.6) is 11.5 Å². The molecule has 0 aliphatic heterocycles. The van der Waals surface area contributed by atoms with Crippen LogP contribution in [-0.2, 0) is 11.8 Å². The minimum absolute atomic E-state index is 0.0714. The minimum Gasteiger partial charge on any atom is -0.510 e. The molecule has 0 bridgehead atoms. The zero-order valence-corrected chi connectivity index (χ0v) is 24.4. The molecule has 0 amide bonds. The third kappa shape index (κ3) is 3.53. The average Bonchev–Trinajstić information content (AvgIpc) is 3.54. The number of fused-ring (bicyclic) bond motifs is 4. The molecule has 0 saturated heterocycles. The number of methoxy groups -OCH3 is 1. The van der Waals surface area contributed by atoms with Gasteiger partial charge in [-0.2, -0.15) is 0 Å². The van der Waals surface area contributed by atoms with Gasteiger partial charge in [-0.05, 0) is 49.1 Å². The molecule has 1 unspecified atom stereocenters. The van der Waals surface area contributed by atoms with E-state index in [1.165, 1.54) is 0 Å². The number of rotatable bonds is 4. The number of nitrogens with one attached hydrogen (secondary N) is 1. The van der Waals surface area contributed by atoms with Crippen LogP contribution in [0.1, 0.15) is 30.2 Å². The molecule has 3 aromatic rings. The number of phenols is 1. The standard InChI is InChI=1S/C35H24N2O9/c1-3-4-5-8-16-12-18-21(15-7-6-11-36-14-15)17-9-10-35(27(17)31(42)22(18)34(45)37-16)32(43)25-26(33(35)44)30(41)24-23(29(25)40)19(38)13-20(46-2)28(24)39/h3-8,11-14,42-44H,9-10H2,1-2H3,(H,37,45)/b4-3+,8-5+. The van der Waals surface area contributed by atoms with Gasteiger partial charge in [-0.25, -0.2) is 0 Å². The van der Waals surface area contributed by atoms with Crippen molar-refractivity contribution in [2.75, 3.05) is 7.11 Å². The quantitative estimate of drug-likeness (QED) is 0.214. The SMILES string of the molecule is C/C=C/C=C/c1cc2c(-c3cccnc3)c3c(c(O)c2c(=O)[nH]1)C1(CC3)C(O)=c2c(=O)c3c(=O)cc(OC)c(=O)c=3c(=O)c2=C1O. The van der Waals surface area contributed by atoms with E-state index >= 15 is 0 Å². The summed E-state index contributed by atoms with van der Waals surface area (Å²) in [4.78, 5) is 74.2. The number of benzene rings is 1. The summed E-state index contributed by atoms with van der Waals surface area (Å²) < 4.78 is 4.94. The van der Waals surface area contributed by atoms with Gasteiger partial charge in [0.05, 0.1) is 33.4 Å². The van der Waals surface area contributed by atoms with Crippen LogP contribution < -0.4 is 42.4 Å². The van der Waals surface area contributed by atoms with Crippen LogP contribution in [0.15, 0.2) is 78.9 Å². The third-order valence-electron chi connectivity index (χ3n) is 8.98. The lowest BCUT2D eigenvalue weighted by Crippen LogP contribution is -2.51. The number of hydrogen-bond donors (Lipinski definition) is 4. The van der Waals surface area contributed by atoms with E-state index < -0.39 is 76.6 Å². The smallest absolute Gasteiger partial charge is 0.260 e.